The fourth-order valence-electron chi connectivity index (χ4n) is 3.66. The van der Waals surface area contributed by atoms with E-state index >= 15 is 0 Å². The van der Waals surface area contributed by atoms with Gasteiger partial charge in [0, 0.05) is 29.2 Å². The van der Waals surface area contributed by atoms with Crippen molar-refractivity contribution in [2.45, 2.75) is 18.9 Å². The van der Waals surface area contributed by atoms with Crippen LogP contribution in [0.4, 0.5) is 5.69 Å². The summed E-state index contributed by atoms with van der Waals surface area (Å²) in [6.07, 6.45) is 5.96. The highest BCUT2D eigenvalue weighted by molar-refractivity contribution is 9.10. The maximum Gasteiger partial charge on any atom is 0.0429 e. The van der Waals surface area contributed by atoms with Gasteiger partial charge in [0.1, 0.15) is 0 Å². The molecule has 2 aromatic rings. The molecular weight excluding hydrogens is 322 g/mol. The van der Waals surface area contributed by atoms with Gasteiger partial charge in [-0.1, -0.05) is 58.4 Å². The Bertz CT molecular complexity index is 677. The molecule has 21 heavy (non-hydrogen) atoms. The summed E-state index contributed by atoms with van der Waals surface area (Å²) in [6.45, 7) is 2.15. The summed E-state index contributed by atoms with van der Waals surface area (Å²) in [5.41, 5.74) is 4.26. The maximum atomic E-state index is 3.63. The molecule has 4 rings (SSSR count). The number of allylic oxidation sites excluding steroid dienone is 2. The third-order valence-electron chi connectivity index (χ3n) is 4.65. The van der Waals surface area contributed by atoms with Crippen molar-refractivity contribution in [3.8, 4) is 0 Å². The molecular formula is C19H18BrN. The fraction of sp³-hybridized carbons (Fsp3) is 0.263. The molecule has 0 N–H and O–H groups in total. The quantitative estimate of drug-likeness (QED) is 0.685. The smallest absolute Gasteiger partial charge is 0.0429 e. The van der Waals surface area contributed by atoms with Crippen molar-refractivity contribution in [1.29, 1.82) is 0 Å². The molecule has 2 aliphatic rings. The van der Waals surface area contributed by atoms with Crippen molar-refractivity contribution in [2.75, 3.05) is 11.4 Å². The highest BCUT2D eigenvalue weighted by Crippen LogP contribution is 2.45. The molecule has 2 aromatic carbocycles. The van der Waals surface area contributed by atoms with E-state index in [1.165, 1.54) is 27.7 Å². The van der Waals surface area contributed by atoms with Crippen molar-refractivity contribution in [2.24, 2.45) is 5.92 Å². The number of halogens is 1. The molecule has 0 saturated heterocycles. The van der Waals surface area contributed by atoms with Crippen molar-refractivity contribution >= 4 is 21.6 Å². The zero-order valence-corrected chi connectivity index (χ0v) is 13.5. The number of fused-ring (bicyclic) bond motifs is 3. The number of hydrogen-bond donors (Lipinski definition) is 0. The predicted molar refractivity (Wildman–Crippen MR) is 91.6 cm³/mol. The molecule has 106 valence electrons. The van der Waals surface area contributed by atoms with Gasteiger partial charge in [-0.3, -0.25) is 0 Å². The van der Waals surface area contributed by atoms with Gasteiger partial charge in [0.25, 0.3) is 0 Å². The fourth-order valence-corrected chi connectivity index (χ4v) is 4.04. The highest BCUT2D eigenvalue weighted by Gasteiger charge is 2.33. The van der Waals surface area contributed by atoms with Crippen molar-refractivity contribution < 1.29 is 0 Å². The van der Waals surface area contributed by atoms with Crippen LogP contribution < -0.4 is 4.90 Å². The molecule has 0 aromatic heterocycles. The van der Waals surface area contributed by atoms with E-state index in [1.807, 2.05) is 0 Å². The minimum absolute atomic E-state index is 0.601. The van der Waals surface area contributed by atoms with Crippen LogP contribution in [0.5, 0.6) is 0 Å². The first-order chi connectivity index (χ1) is 10.3. The first kappa shape index (κ1) is 13.1. The monoisotopic (exact) mass is 339 g/mol. The average Bonchev–Trinajstić information content (AvgIpc) is 2.97. The van der Waals surface area contributed by atoms with Crippen LogP contribution in [0, 0.1) is 5.92 Å². The SMILES string of the molecule is Brc1ccc2c(c1)C1C=CCC1CN2Cc1ccccc1. The molecule has 1 aliphatic carbocycles. The number of benzene rings is 2. The van der Waals surface area contributed by atoms with Gasteiger partial charge in [-0.05, 0) is 41.7 Å². The molecule has 0 saturated carbocycles. The van der Waals surface area contributed by atoms with Crippen molar-refractivity contribution in [1.82, 2.24) is 0 Å². The van der Waals surface area contributed by atoms with Gasteiger partial charge in [-0.25, -0.2) is 0 Å². The van der Waals surface area contributed by atoms with Crippen LogP contribution in [-0.2, 0) is 6.54 Å². The zero-order chi connectivity index (χ0) is 14.2. The molecule has 2 atom stereocenters. The lowest BCUT2D eigenvalue weighted by Gasteiger charge is -2.38. The Balaban J connectivity index is 1.72. The Labute approximate surface area is 134 Å². The second kappa shape index (κ2) is 5.34. The van der Waals surface area contributed by atoms with E-state index in [0.717, 1.165) is 19.0 Å². The van der Waals surface area contributed by atoms with Gasteiger partial charge in [0.05, 0.1) is 0 Å². The third-order valence-corrected chi connectivity index (χ3v) is 5.14. The van der Waals surface area contributed by atoms with Crippen molar-refractivity contribution in [3.05, 3.63) is 76.3 Å². The van der Waals surface area contributed by atoms with E-state index in [1.54, 1.807) is 0 Å². The van der Waals surface area contributed by atoms with Gasteiger partial charge in [-0.15, -0.1) is 0 Å². The van der Waals surface area contributed by atoms with Crippen LogP contribution >= 0.6 is 15.9 Å². The largest absolute Gasteiger partial charge is 0.367 e. The van der Waals surface area contributed by atoms with Crippen LogP contribution in [-0.4, -0.2) is 6.54 Å². The molecule has 0 amide bonds. The standard InChI is InChI=1S/C19H18BrN/c20-16-9-10-19-18(11-16)17-8-4-7-15(17)13-21(19)12-14-5-2-1-3-6-14/h1-6,8-11,15,17H,7,12-13H2. The molecule has 1 heterocycles. The van der Waals surface area contributed by atoms with Gasteiger partial charge < -0.3 is 4.90 Å². The Morgan fingerprint density at radius 1 is 1.10 bits per heavy atom. The van der Waals surface area contributed by atoms with E-state index in [9.17, 15) is 0 Å². The minimum atomic E-state index is 0.601. The highest BCUT2D eigenvalue weighted by atomic mass is 79.9. The lowest BCUT2D eigenvalue weighted by atomic mass is 9.83. The number of nitrogens with zero attached hydrogens (tertiary/aromatic N) is 1. The zero-order valence-electron chi connectivity index (χ0n) is 11.9. The second-order valence-corrected chi connectivity index (χ2v) is 6.93. The van der Waals surface area contributed by atoms with Gasteiger partial charge >= 0.3 is 0 Å². The van der Waals surface area contributed by atoms with E-state index in [2.05, 4.69) is 81.5 Å². The van der Waals surface area contributed by atoms with Gasteiger partial charge in [0.2, 0.25) is 0 Å². The van der Waals surface area contributed by atoms with E-state index < -0.39 is 0 Å². The summed E-state index contributed by atoms with van der Waals surface area (Å²) in [5, 5.41) is 0. The lowest BCUT2D eigenvalue weighted by Crippen LogP contribution is -2.35. The second-order valence-electron chi connectivity index (χ2n) is 6.02. The van der Waals surface area contributed by atoms with Crippen molar-refractivity contribution in [3.63, 3.8) is 0 Å². The summed E-state index contributed by atoms with van der Waals surface area (Å²) >= 11 is 3.63. The molecule has 0 radical (unpaired) electrons. The Morgan fingerprint density at radius 3 is 2.81 bits per heavy atom. The minimum Gasteiger partial charge on any atom is -0.367 e. The van der Waals surface area contributed by atoms with E-state index in [-0.39, 0.29) is 0 Å². The van der Waals surface area contributed by atoms with E-state index in [4.69, 9.17) is 0 Å². The average molecular weight is 340 g/mol. The number of hydrogen-bond acceptors (Lipinski definition) is 1. The summed E-state index contributed by atoms with van der Waals surface area (Å²) in [6, 6.07) is 17.5. The van der Waals surface area contributed by atoms with Crippen LogP contribution in [0.15, 0.2) is 65.2 Å². The van der Waals surface area contributed by atoms with E-state index in [0.29, 0.717) is 5.92 Å². The van der Waals surface area contributed by atoms with Crippen LogP contribution in [0.2, 0.25) is 0 Å². The Morgan fingerprint density at radius 2 is 1.95 bits per heavy atom. The molecule has 2 heteroatoms. The van der Waals surface area contributed by atoms with Crippen LogP contribution in [0.1, 0.15) is 23.5 Å². The molecule has 0 fully saturated rings. The number of rotatable bonds is 2. The summed E-state index contributed by atoms with van der Waals surface area (Å²) < 4.78 is 1.18. The van der Waals surface area contributed by atoms with Gasteiger partial charge in [0.15, 0.2) is 0 Å². The first-order valence-electron chi connectivity index (χ1n) is 7.56. The molecule has 0 spiro atoms. The maximum absolute atomic E-state index is 3.63. The summed E-state index contributed by atoms with van der Waals surface area (Å²) in [7, 11) is 0. The predicted octanol–water partition coefficient (Wildman–Crippen LogP) is 5.13. The van der Waals surface area contributed by atoms with Crippen LogP contribution in [0.3, 0.4) is 0 Å². The molecule has 2 unspecified atom stereocenters. The normalized spacial score (nSPS) is 23.0. The summed E-state index contributed by atoms with van der Waals surface area (Å²) in [5.74, 6) is 1.33. The summed E-state index contributed by atoms with van der Waals surface area (Å²) in [4.78, 5) is 2.55. The molecule has 1 nitrogen and oxygen atoms in total. The third kappa shape index (κ3) is 2.42. The Kier molecular flexibility index (Phi) is 3.34. The molecule has 1 aliphatic heterocycles. The van der Waals surface area contributed by atoms with Gasteiger partial charge in [-0.2, -0.15) is 0 Å². The van der Waals surface area contributed by atoms with Crippen LogP contribution in [0.25, 0.3) is 0 Å². The molecule has 0 bridgehead atoms. The first-order valence-corrected chi connectivity index (χ1v) is 8.35. The topological polar surface area (TPSA) is 3.24 Å². The Hall–Kier alpha value is -1.54. The number of anilines is 1. The lowest BCUT2D eigenvalue weighted by molar-refractivity contribution is 0.474.